The summed E-state index contributed by atoms with van der Waals surface area (Å²) in [7, 11) is 0. The summed E-state index contributed by atoms with van der Waals surface area (Å²) >= 11 is 0. The van der Waals surface area contributed by atoms with E-state index in [0.717, 1.165) is 16.7 Å². The predicted octanol–water partition coefficient (Wildman–Crippen LogP) is 4.95. The van der Waals surface area contributed by atoms with E-state index in [-0.39, 0.29) is 12.4 Å². The molecular formula is C24H24O4. The Bertz CT molecular complexity index is 876. The molecule has 3 aromatic carbocycles. The highest BCUT2D eigenvalue weighted by Gasteiger charge is 2.12. The molecule has 0 saturated heterocycles. The van der Waals surface area contributed by atoms with Crippen LogP contribution < -0.4 is 9.47 Å². The zero-order chi connectivity index (χ0) is 19.6. The Morgan fingerprint density at radius 3 is 2.00 bits per heavy atom. The summed E-state index contributed by atoms with van der Waals surface area (Å²) < 4.78 is 16.9. The smallest absolute Gasteiger partial charge is 0.310 e. The summed E-state index contributed by atoms with van der Waals surface area (Å²) in [5, 5.41) is 0. The van der Waals surface area contributed by atoms with E-state index >= 15 is 0 Å². The molecule has 0 heterocycles. The Morgan fingerprint density at radius 2 is 1.39 bits per heavy atom. The van der Waals surface area contributed by atoms with Crippen LogP contribution in [0.2, 0.25) is 0 Å². The molecule has 0 fully saturated rings. The fourth-order valence-electron chi connectivity index (χ4n) is 2.77. The van der Waals surface area contributed by atoms with Gasteiger partial charge in [-0.15, -0.1) is 0 Å². The average molecular weight is 376 g/mol. The summed E-state index contributed by atoms with van der Waals surface area (Å²) in [6, 6.07) is 25.4. The Hall–Kier alpha value is -3.27. The van der Waals surface area contributed by atoms with Crippen molar-refractivity contribution in [3.05, 3.63) is 95.6 Å². The number of hydrogen-bond donors (Lipinski definition) is 0. The van der Waals surface area contributed by atoms with Crippen LogP contribution in [-0.4, -0.2) is 12.6 Å². The summed E-state index contributed by atoms with van der Waals surface area (Å²) in [6.07, 6.45) is 0.139. The maximum Gasteiger partial charge on any atom is 0.310 e. The summed E-state index contributed by atoms with van der Waals surface area (Å²) in [6.45, 7) is 3.04. The van der Waals surface area contributed by atoms with E-state index in [1.807, 2.05) is 78.9 Å². The Balaban J connectivity index is 1.72. The average Bonchev–Trinajstić information content (AvgIpc) is 2.73. The van der Waals surface area contributed by atoms with Crippen LogP contribution in [-0.2, 0) is 29.2 Å². The predicted molar refractivity (Wildman–Crippen MR) is 108 cm³/mol. The largest absolute Gasteiger partial charge is 0.489 e. The van der Waals surface area contributed by atoms with Gasteiger partial charge in [-0.3, -0.25) is 4.79 Å². The highest BCUT2D eigenvalue weighted by molar-refractivity contribution is 5.73. The number of carbonyl (C=O) groups is 1. The normalized spacial score (nSPS) is 10.3. The van der Waals surface area contributed by atoms with Crippen molar-refractivity contribution in [2.24, 2.45) is 0 Å². The third-order valence-corrected chi connectivity index (χ3v) is 4.16. The topological polar surface area (TPSA) is 44.8 Å². The molecule has 4 heteroatoms. The highest BCUT2D eigenvalue weighted by atomic mass is 16.5. The van der Waals surface area contributed by atoms with Crippen LogP contribution in [0.3, 0.4) is 0 Å². The Labute approximate surface area is 165 Å². The minimum atomic E-state index is -0.285. The number of ether oxygens (including phenoxy) is 3. The quantitative estimate of drug-likeness (QED) is 0.496. The fraction of sp³-hybridized carbons (Fsp3) is 0.208. The minimum Gasteiger partial charge on any atom is -0.489 e. The molecule has 4 nitrogen and oxygen atoms in total. The van der Waals surface area contributed by atoms with Gasteiger partial charge in [0.15, 0.2) is 0 Å². The van der Waals surface area contributed by atoms with Gasteiger partial charge >= 0.3 is 5.97 Å². The first kappa shape index (κ1) is 19.5. The molecule has 0 aromatic heterocycles. The van der Waals surface area contributed by atoms with E-state index in [0.29, 0.717) is 31.3 Å². The maximum absolute atomic E-state index is 12.0. The molecule has 3 aromatic rings. The molecular weight excluding hydrogens is 352 g/mol. The van der Waals surface area contributed by atoms with Gasteiger partial charge in [-0.05, 0) is 36.2 Å². The van der Waals surface area contributed by atoms with Crippen molar-refractivity contribution >= 4 is 5.97 Å². The van der Waals surface area contributed by atoms with Crippen molar-refractivity contribution in [2.45, 2.75) is 26.6 Å². The monoisotopic (exact) mass is 376 g/mol. The van der Waals surface area contributed by atoms with Crippen molar-refractivity contribution < 1.29 is 19.0 Å². The van der Waals surface area contributed by atoms with Crippen molar-refractivity contribution in [1.29, 1.82) is 0 Å². The van der Waals surface area contributed by atoms with Gasteiger partial charge in [0.1, 0.15) is 24.7 Å². The number of carbonyl (C=O) groups excluding carboxylic acids is 1. The van der Waals surface area contributed by atoms with Crippen LogP contribution >= 0.6 is 0 Å². The molecule has 0 aliphatic rings. The molecule has 0 bridgehead atoms. The molecule has 3 rings (SSSR count). The first-order chi connectivity index (χ1) is 13.7. The van der Waals surface area contributed by atoms with Crippen LogP contribution in [0.4, 0.5) is 0 Å². The van der Waals surface area contributed by atoms with Crippen LogP contribution in [0.25, 0.3) is 0 Å². The van der Waals surface area contributed by atoms with E-state index in [2.05, 4.69) is 0 Å². The molecule has 0 aliphatic heterocycles. The molecule has 0 spiro atoms. The SMILES string of the molecule is CCOC(=O)Cc1cc(OCc2ccccc2)ccc1OCc1ccccc1. The van der Waals surface area contributed by atoms with Crippen LogP contribution in [0.1, 0.15) is 23.6 Å². The van der Waals surface area contributed by atoms with Gasteiger partial charge in [-0.2, -0.15) is 0 Å². The van der Waals surface area contributed by atoms with Gasteiger partial charge in [0.2, 0.25) is 0 Å². The van der Waals surface area contributed by atoms with Gasteiger partial charge in [-0.25, -0.2) is 0 Å². The lowest BCUT2D eigenvalue weighted by Crippen LogP contribution is -2.09. The lowest BCUT2D eigenvalue weighted by atomic mass is 10.1. The van der Waals surface area contributed by atoms with Crippen molar-refractivity contribution in [3.63, 3.8) is 0 Å². The second-order valence-corrected chi connectivity index (χ2v) is 6.30. The number of rotatable bonds is 9. The van der Waals surface area contributed by atoms with Gasteiger partial charge in [0, 0.05) is 5.56 Å². The van der Waals surface area contributed by atoms with E-state index < -0.39 is 0 Å². The molecule has 0 atom stereocenters. The Morgan fingerprint density at radius 1 is 0.786 bits per heavy atom. The van der Waals surface area contributed by atoms with Crippen LogP contribution in [0.15, 0.2) is 78.9 Å². The van der Waals surface area contributed by atoms with Crippen LogP contribution in [0, 0.1) is 0 Å². The third kappa shape index (κ3) is 5.88. The van der Waals surface area contributed by atoms with Crippen LogP contribution in [0.5, 0.6) is 11.5 Å². The van der Waals surface area contributed by atoms with Crippen molar-refractivity contribution in [2.75, 3.05) is 6.61 Å². The lowest BCUT2D eigenvalue weighted by molar-refractivity contribution is -0.142. The number of benzene rings is 3. The lowest BCUT2D eigenvalue weighted by Gasteiger charge is -2.14. The van der Waals surface area contributed by atoms with E-state index in [1.165, 1.54) is 0 Å². The third-order valence-electron chi connectivity index (χ3n) is 4.16. The fourth-order valence-corrected chi connectivity index (χ4v) is 2.77. The molecule has 28 heavy (non-hydrogen) atoms. The molecule has 0 aliphatic carbocycles. The molecule has 0 saturated carbocycles. The van der Waals surface area contributed by atoms with Gasteiger partial charge in [0.05, 0.1) is 13.0 Å². The maximum atomic E-state index is 12.0. The molecule has 0 radical (unpaired) electrons. The van der Waals surface area contributed by atoms with Gasteiger partial charge < -0.3 is 14.2 Å². The zero-order valence-corrected chi connectivity index (χ0v) is 16.0. The summed E-state index contributed by atoms with van der Waals surface area (Å²) in [4.78, 5) is 12.0. The van der Waals surface area contributed by atoms with E-state index in [1.54, 1.807) is 6.92 Å². The summed E-state index contributed by atoms with van der Waals surface area (Å²) in [5.41, 5.74) is 2.90. The zero-order valence-electron chi connectivity index (χ0n) is 16.0. The van der Waals surface area contributed by atoms with Crippen molar-refractivity contribution in [3.8, 4) is 11.5 Å². The highest BCUT2D eigenvalue weighted by Crippen LogP contribution is 2.26. The number of hydrogen-bond acceptors (Lipinski definition) is 4. The second-order valence-electron chi connectivity index (χ2n) is 6.30. The second kappa shape index (κ2) is 10.2. The summed E-state index contributed by atoms with van der Waals surface area (Å²) in [5.74, 6) is 1.06. The number of esters is 1. The Kier molecular flexibility index (Phi) is 7.08. The minimum absolute atomic E-state index is 0.139. The molecule has 0 amide bonds. The standard InChI is InChI=1S/C24H24O4/c1-2-26-24(25)16-21-15-22(27-17-19-9-5-3-6-10-19)13-14-23(21)28-18-20-11-7-4-8-12-20/h3-15H,2,16-18H2,1H3. The molecule has 0 N–H and O–H groups in total. The first-order valence-corrected chi connectivity index (χ1v) is 9.36. The van der Waals surface area contributed by atoms with E-state index in [4.69, 9.17) is 14.2 Å². The van der Waals surface area contributed by atoms with Crippen molar-refractivity contribution in [1.82, 2.24) is 0 Å². The first-order valence-electron chi connectivity index (χ1n) is 9.36. The molecule has 0 unspecified atom stereocenters. The van der Waals surface area contributed by atoms with Gasteiger partial charge in [0.25, 0.3) is 0 Å². The van der Waals surface area contributed by atoms with E-state index in [9.17, 15) is 4.79 Å². The van der Waals surface area contributed by atoms with Gasteiger partial charge in [-0.1, -0.05) is 60.7 Å². The molecule has 144 valence electrons.